The lowest BCUT2D eigenvalue weighted by Gasteiger charge is -2.40. The number of carbonyl (C=O) groups is 1. The van der Waals surface area contributed by atoms with Crippen molar-refractivity contribution in [2.24, 2.45) is 17.3 Å². The molecule has 2 rings (SSSR count). The Kier molecular flexibility index (Phi) is 5.62. The van der Waals surface area contributed by atoms with Crippen LogP contribution in [0.1, 0.15) is 45.4 Å². The van der Waals surface area contributed by atoms with Gasteiger partial charge in [-0.1, -0.05) is 19.8 Å². The first-order chi connectivity index (χ1) is 9.53. The van der Waals surface area contributed by atoms with Gasteiger partial charge < -0.3 is 14.6 Å². The fourth-order valence-corrected chi connectivity index (χ4v) is 4.28. The summed E-state index contributed by atoms with van der Waals surface area (Å²) >= 11 is 0. The lowest BCUT2D eigenvalue weighted by molar-refractivity contribution is -0.120. The van der Waals surface area contributed by atoms with Gasteiger partial charge in [0.15, 0.2) is 0 Å². The zero-order chi connectivity index (χ0) is 14.6. The number of likely N-dealkylation sites (tertiary alicyclic amines) is 1. The molecule has 1 aliphatic heterocycles. The second-order valence-corrected chi connectivity index (χ2v) is 7.63. The molecule has 3 nitrogen and oxygen atoms in total. The quantitative estimate of drug-likeness (QED) is 0.723. The Bertz CT molecular complexity index is 312. The minimum absolute atomic E-state index is 0.0577. The molecule has 0 aromatic carbocycles. The number of carbonyl (C=O) groups excluding carboxylic acids is 1. The van der Waals surface area contributed by atoms with E-state index in [0.29, 0.717) is 5.92 Å². The van der Waals surface area contributed by atoms with E-state index in [4.69, 9.17) is 0 Å². The molecule has 2 atom stereocenters. The molecular formula is C17H32N2O. The van der Waals surface area contributed by atoms with Crippen molar-refractivity contribution >= 4 is 6.29 Å². The van der Waals surface area contributed by atoms with Gasteiger partial charge in [0.2, 0.25) is 0 Å². The molecule has 1 aliphatic carbocycles. The van der Waals surface area contributed by atoms with E-state index >= 15 is 0 Å². The Morgan fingerprint density at radius 2 is 2.00 bits per heavy atom. The number of hydrogen-bond acceptors (Lipinski definition) is 3. The van der Waals surface area contributed by atoms with E-state index in [0.717, 1.165) is 31.8 Å². The summed E-state index contributed by atoms with van der Waals surface area (Å²) in [5.41, 5.74) is -0.0577. The summed E-state index contributed by atoms with van der Waals surface area (Å²) < 4.78 is 0. The smallest absolute Gasteiger partial charge is 0.127 e. The van der Waals surface area contributed by atoms with Crippen LogP contribution in [0, 0.1) is 17.3 Å². The summed E-state index contributed by atoms with van der Waals surface area (Å²) in [7, 11) is 4.42. The highest BCUT2D eigenvalue weighted by Crippen LogP contribution is 2.38. The molecule has 0 bridgehead atoms. The van der Waals surface area contributed by atoms with Gasteiger partial charge >= 0.3 is 0 Å². The average molecular weight is 280 g/mol. The first-order valence-electron chi connectivity index (χ1n) is 8.36. The zero-order valence-electron chi connectivity index (χ0n) is 13.6. The Labute approximate surface area is 124 Å². The molecule has 0 spiro atoms. The van der Waals surface area contributed by atoms with Crippen LogP contribution >= 0.6 is 0 Å². The van der Waals surface area contributed by atoms with Crippen LogP contribution in [0.3, 0.4) is 0 Å². The number of aldehydes is 1. The molecule has 0 N–H and O–H groups in total. The summed E-state index contributed by atoms with van der Waals surface area (Å²) in [5.74, 6) is 1.53. The van der Waals surface area contributed by atoms with Crippen LogP contribution in [0.5, 0.6) is 0 Å². The first kappa shape index (κ1) is 16.0. The van der Waals surface area contributed by atoms with Crippen molar-refractivity contribution in [2.75, 3.05) is 40.3 Å². The number of rotatable bonds is 5. The Hall–Kier alpha value is -0.410. The minimum Gasteiger partial charge on any atom is -0.306 e. The predicted molar refractivity (Wildman–Crippen MR) is 83.8 cm³/mol. The maximum absolute atomic E-state index is 11.7. The molecule has 0 radical (unpaired) electrons. The number of piperidine rings is 1. The monoisotopic (exact) mass is 280 g/mol. The van der Waals surface area contributed by atoms with E-state index in [2.05, 4.69) is 30.8 Å². The second-order valence-electron chi connectivity index (χ2n) is 7.63. The standard InChI is InChI=1S/C17H32N2O/c1-15-5-4-8-17(11-15,14-20)13-19(3)12-16-6-9-18(2)10-7-16/h14-16H,4-13H2,1-3H3. The molecule has 3 heteroatoms. The Balaban J connectivity index is 1.82. The summed E-state index contributed by atoms with van der Waals surface area (Å²) in [6.45, 7) is 6.89. The SMILES string of the molecule is CC1CCCC(C=O)(CN(C)CC2CCN(C)CC2)C1. The van der Waals surface area contributed by atoms with E-state index in [9.17, 15) is 4.79 Å². The van der Waals surface area contributed by atoms with Crippen molar-refractivity contribution in [3.05, 3.63) is 0 Å². The molecule has 1 saturated heterocycles. The molecule has 1 heterocycles. The Morgan fingerprint density at radius 1 is 1.30 bits per heavy atom. The van der Waals surface area contributed by atoms with Crippen LogP contribution in [-0.2, 0) is 4.79 Å². The molecule has 2 aliphatic rings. The van der Waals surface area contributed by atoms with Crippen molar-refractivity contribution in [3.8, 4) is 0 Å². The van der Waals surface area contributed by atoms with Crippen molar-refractivity contribution in [1.29, 1.82) is 0 Å². The summed E-state index contributed by atoms with van der Waals surface area (Å²) in [5, 5.41) is 0. The lowest BCUT2D eigenvalue weighted by atomic mass is 9.70. The van der Waals surface area contributed by atoms with E-state index in [1.807, 2.05) is 0 Å². The van der Waals surface area contributed by atoms with Gasteiger partial charge in [-0.25, -0.2) is 0 Å². The zero-order valence-corrected chi connectivity index (χ0v) is 13.6. The van der Waals surface area contributed by atoms with E-state index in [-0.39, 0.29) is 5.41 Å². The molecule has 116 valence electrons. The van der Waals surface area contributed by atoms with Gasteiger partial charge in [0.25, 0.3) is 0 Å². The highest BCUT2D eigenvalue weighted by atomic mass is 16.1. The minimum atomic E-state index is -0.0577. The molecule has 0 aromatic heterocycles. The van der Waals surface area contributed by atoms with Crippen molar-refractivity contribution in [2.45, 2.75) is 45.4 Å². The molecule has 0 amide bonds. The third-order valence-electron chi connectivity index (χ3n) is 5.37. The van der Waals surface area contributed by atoms with Crippen LogP contribution in [0.15, 0.2) is 0 Å². The van der Waals surface area contributed by atoms with Crippen molar-refractivity contribution in [1.82, 2.24) is 9.80 Å². The van der Waals surface area contributed by atoms with E-state index in [1.54, 1.807) is 0 Å². The highest BCUT2D eigenvalue weighted by molar-refractivity contribution is 5.60. The summed E-state index contributed by atoms with van der Waals surface area (Å²) in [6.07, 6.45) is 8.60. The van der Waals surface area contributed by atoms with E-state index in [1.165, 1.54) is 45.1 Å². The van der Waals surface area contributed by atoms with E-state index < -0.39 is 0 Å². The van der Waals surface area contributed by atoms with Crippen LogP contribution in [0.25, 0.3) is 0 Å². The maximum atomic E-state index is 11.7. The average Bonchev–Trinajstić information content (AvgIpc) is 2.41. The molecule has 2 unspecified atom stereocenters. The van der Waals surface area contributed by atoms with Crippen LogP contribution in [0.4, 0.5) is 0 Å². The van der Waals surface area contributed by atoms with Gasteiger partial charge in [-0.05, 0) is 64.7 Å². The van der Waals surface area contributed by atoms with Gasteiger partial charge in [-0.2, -0.15) is 0 Å². The molecule has 0 aromatic rings. The molecule has 20 heavy (non-hydrogen) atoms. The largest absolute Gasteiger partial charge is 0.306 e. The molecular weight excluding hydrogens is 248 g/mol. The number of hydrogen-bond donors (Lipinski definition) is 0. The van der Waals surface area contributed by atoms with Gasteiger partial charge in [0, 0.05) is 18.5 Å². The molecule has 1 saturated carbocycles. The number of nitrogens with zero attached hydrogens (tertiary/aromatic N) is 2. The van der Waals surface area contributed by atoms with Gasteiger partial charge in [-0.3, -0.25) is 0 Å². The summed E-state index contributed by atoms with van der Waals surface area (Å²) in [4.78, 5) is 16.5. The highest BCUT2D eigenvalue weighted by Gasteiger charge is 2.36. The van der Waals surface area contributed by atoms with Crippen LogP contribution in [0.2, 0.25) is 0 Å². The second kappa shape index (κ2) is 7.04. The van der Waals surface area contributed by atoms with Crippen LogP contribution < -0.4 is 0 Å². The van der Waals surface area contributed by atoms with Gasteiger partial charge in [0.1, 0.15) is 6.29 Å². The predicted octanol–water partition coefficient (Wildman–Crippen LogP) is 2.66. The normalized spacial score (nSPS) is 33.5. The molecule has 2 fully saturated rings. The van der Waals surface area contributed by atoms with Crippen molar-refractivity contribution in [3.63, 3.8) is 0 Å². The first-order valence-corrected chi connectivity index (χ1v) is 8.36. The third kappa shape index (κ3) is 4.29. The van der Waals surface area contributed by atoms with Crippen molar-refractivity contribution < 1.29 is 4.79 Å². The van der Waals surface area contributed by atoms with Crippen LogP contribution in [-0.4, -0.2) is 56.4 Å². The summed E-state index contributed by atoms with van der Waals surface area (Å²) in [6, 6.07) is 0. The fourth-order valence-electron chi connectivity index (χ4n) is 4.28. The lowest BCUT2D eigenvalue weighted by Crippen LogP contribution is -2.43. The van der Waals surface area contributed by atoms with Gasteiger partial charge in [-0.15, -0.1) is 0 Å². The topological polar surface area (TPSA) is 23.6 Å². The fraction of sp³-hybridized carbons (Fsp3) is 0.941. The Morgan fingerprint density at radius 3 is 2.60 bits per heavy atom. The van der Waals surface area contributed by atoms with Gasteiger partial charge in [0.05, 0.1) is 0 Å². The third-order valence-corrected chi connectivity index (χ3v) is 5.37. The maximum Gasteiger partial charge on any atom is 0.127 e.